The lowest BCUT2D eigenvalue weighted by atomic mass is 10.1. The second-order valence-electron chi connectivity index (χ2n) is 4.82. The van der Waals surface area contributed by atoms with Crippen LogP contribution >= 0.6 is 0 Å². The number of carboxylic acids is 4. The molecule has 0 heterocycles. The van der Waals surface area contributed by atoms with Gasteiger partial charge in [-0.25, -0.2) is 19.2 Å². The first-order valence-electron chi connectivity index (χ1n) is 6.76. The van der Waals surface area contributed by atoms with Crippen molar-refractivity contribution < 1.29 is 39.6 Å². The minimum absolute atomic E-state index is 0.0255. The van der Waals surface area contributed by atoms with Crippen molar-refractivity contribution in [2.24, 2.45) is 0 Å². The van der Waals surface area contributed by atoms with Crippen LogP contribution in [0, 0.1) is 0 Å². The molecule has 2 aromatic carbocycles. The summed E-state index contributed by atoms with van der Waals surface area (Å²) in [6.07, 6.45) is 0. The fraction of sp³-hybridized carbons (Fsp3) is 0. The summed E-state index contributed by atoms with van der Waals surface area (Å²) in [5, 5.41) is 34.2. The third-order valence-electron chi connectivity index (χ3n) is 3.06. The van der Waals surface area contributed by atoms with Crippen molar-refractivity contribution in [2.45, 2.75) is 0 Å². The Morgan fingerprint density at radius 3 is 1.08 bits per heavy atom. The number of carboxylic acid groups (broad SMARTS) is 4. The van der Waals surface area contributed by atoms with Crippen LogP contribution in [-0.2, 0) is 0 Å². The van der Waals surface area contributed by atoms with Crippen molar-refractivity contribution in [3.05, 3.63) is 58.7 Å². The molecular weight excluding hydrogens is 348 g/mol. The zero-order valence-corrected chi connectivity index (χ0v) is 13.0. The number of hydrogen-bond acceptors (Lipinski definition) is 6. The molecule has 0 unspecified atom stereocenters. The van der Waals surface area contributed by atoms with Gasteiger partial charge in [-0.15, -0.1) is 0 Å². The Balaban J connectivity index is 0.000000260. The number of rotatable bonds is 4. The summed E-state index contributed by atoms with van der Waals surface area (Å²) in [6, 6.07) is 6.96. The molecule has 0 aliphatic rings. The number of nitrogen functional groups attached to an aromatic ring is 2. The van der Waals surface area contributed by atoms with Gasteiger partial charge in [-0.05, 0) is 36.4 Å². The molecule has 0 aliphatic carbocycles. The van der Waals surface area contributed by atoms with Crippen LogP contribution < -0.4 is 11.5 Å². The molecule has 0 bridgehead atoms. The van der Waals surface area contributed by atoms with Crippen molar-refractivity contribution in [2.75, 3.05) is 11.5 Å². The van der Waals surface area contributed by atoms with E-state index in [0.29, 0.717) is 0 Å². The van der Waals surface area contributed by atoms with Crippen LogP contribution in [0.1, 0.15) is 41.4 Å². The highest BCUT2D eigenvalue weighted by Gasteiger charge is 2.11. The standard InChI is InChI=1S/2C8H7NO4/c2*9-6-3-4(7(10)11)1-2-5(6)8(12)13/h2*1-3H,9H2,(H,10,11)(H,12,13). The van der Waals surface area contributed by atoms with E-state index in [4.69, 9.17) is 31.9 Å². The van der Waals surface area contributed by atoms with E-state index in [-0.39, 0.29) is 33.6 Å². The molecule has 2 aromatic rings. The van der Waals surface area contributed by atoms with Crippen LogP contribution in [-0.4, -0.2) is 44.3 Å². The molecule has 10 nitrogen and oxygen atoms in total. The second-order valence-corrected chi connectivity index (χ2v) is 4.82. The highest BCUT2D eigenvalue weighted by atomic mass is 16.4. The maximum atomic E-state index is 10.5. The monoisotopic (exact) mass is 362 g/mol. The van der Waals surface area contributed by atoms with Gasteiger partial charge in [0, 0.05) is 11.4 Å². The third-order valence-corrected chi connectivity index (χ3v) is 3.06. The van der Waals surface area contributed by atoms with Crippen molar-refractivity contribution >= 4 is 35.3 Å². The normalized spacial score (nSPS) is 9.54. The Morgan fingerprint density at radius 1 is 0.577 bits per heavy atom. The van der Waals surface area contributed by atoms with Gasteiger partial charge in [0.25, 0.3) is 0 Å². The average molecular weight is 362 g/mol. The SMILES string of the molecule is Nc1cc(C(=O)O)ccc1C(=O)O.Nc1cc(C(=O)O)ccc1C(=O)O. The summed E-state index contributed by atoms with van der Waals surface area (Å²) in [5.41, 5.74) is 10.3. The van der Waals surface area contributed by atoms with E-state index >= 15 is 0 Å². The molecule has 0 amide bonds. The molecule has 0 saturated heterocycles. The molecule has 0 spiro atoms. The van der Waals surface area contributed by atoms with Gasteiger partial charge in [0.2, 0.25) is 0 Å². The fourth-order valence-corrected chi connectivity index (χ4v) is 1.78. The Morgan fingerprint density at radius 2 is 0.885 bits per heavy atom. The maximum Gasteiger partial charge on any atom is 0.337 e. The quantitative estimate of drug-likeness (QED) is 0.431. The molecule has 0 aliphatic heterocycles. The predicted octanol–water partition coefficient (Wildman–Crippen LogP) is 1.33. The molecule has 0 radical (unpaired) electrons. The molecule has 0 aromatic heterocycles. The minimum Gasteiger partial charge on any atom is -0.478 e. The second kappa shape index (κ2) is 8.15. The Kier molecular flexibility index (Phi) is 6.26. The number of aromatic carboxylic acids is 4. The first-order valence-corrected chi connectivity index (χ1v) is 6.76. The van der Waals surface area contributed by atoms with Crippen molar-refractivity contribution in [3.8, 4) is 0 Å². The average Bonchev–Trinajstić information content (AvgIpc) is 2.54. The summed E-state index contributed by atoms with van der Waals surface area (Å²) in [4.78, 5) is 41.8. The minimum atomic E-state index is -1.17. The highest BCUT2D eigenvalue weighted by molar-refractivity contribution is 5.97. The van der Waals surface area contributed by atoms with E-state index in [9.17, 15) is 19.2 Å². The number of carbonyl (C=O) groups is 4. The Hall–Kier alpha value is -4.08. The zero-order chi connectivity index (χ0) is 20.0. The van der Waals surface area contributed by atoms with Gasteiger partial charge in [-0.1, -0.05) is 0 Å². The first-order chi connectivity index (χ1) is 12.0. The smallest absolute Gasteiger partial charge is 0.337 e. The third kappa shape index (κ3) is 4.96. The molecule has 136 valence electrons. The van der Waals surface area contributed by atoms with Crippen LogP contribution in [0.4, 0.5) is 11.4 Å². The fourth-order valence-electron chi connectivity index (χ4n) is 1.78. The maximum absolute atomic E-state index is 10.5. The van der Waals surface area contributed by atoms with E-state index in [1.54, 1.807) is 0 Å². The highest BCUT2D eigenvalue weighted by Crippen LogP contribution is 2.14. The summed E-state index contributed by atoms with van der Waals surface area (Å²) in [5.74, 6) is -4.61. The molecule has 26 heavy (non-hydrogen) atoms. The number of anilines is 2. The van der Waals surface area contributed by atoms with Crippen LogP contribution in [0.2, 0.25) is 0 Å². The topological polar surface area (TPSA) is 201 Å². The predicted molar refractivity (Wildman–Crippen MR) is 89.5 cm³/mol. The molecule has 0 fully saturated rings. The van der Waals surface area contributed by atoms with Gasteiger partial charge in [0.05, 0.1) is 22.3 Å². The first kappa shape index (κ1) is 20.0. The summed E-state index contributed by atoms with van der Waals surface area (Å²) < 4.78 is 0. The molecule has 0 atom stereocenters. The molecular formula is C16H14N2O8. The van der Waals surface area contributed by atoms with Crippen LogP contribution in [0.5, 0.6) is 0 Å². The number of nitrogens with two attached hydrogens (primary N) is 2. The largest absolute Gasteiger partial charge is 0.478 e. The van der Waals surface area contributed by atoms with E-state index < -0.39 is 23.9 Å². The van der Waals surface area contributed by atoms with E-state index in [0.717, 1.165) is 12.1 Å². The van der Waals surface area contributed by atoms with Gasteiger partial charge in [-0.2, -0.15) is 0 Å². The lowest BCUT2D eigenvalue weighted by Crippen LogP contribution is -2.05. The van der Waals surface area contributed by atoms with Gasteiger partial charge in [0.15, 0.2) is 0 Å². The Labute approximate surface area is 145 Å². The van der Waals surface area contributed by atoms with Gasteiger partial charge < -0.3 is 31.9 Å². The lowest BCUT2D eigenvalue weighted by Gasteiger charge is -2.00. The molecule has 2 rings (SSSR count). The van der Waals surface area contributed by atoms with Crippen molar-refractivity contribution in [1.82, 2.24) is 0 Å². The summed E-state index contributed by atoms with van der Waals surface area (Å²) in [6.45, 7) is 0. The summed E-state index contributed by atoms with van der Waals surface area (Å²) in [7, 11) is 0. The van der Waals surface area contributed by atoms with Gasteiger partial charge in [0.1, 0.15) is 0 Å². The van der Waals surface area contributed by atoms with Crippen LogP contribution in [0.3, 0.4) is 0 Å². The van der Waals surface area contributed by atoms with E-state index in [2.05, 4.69) is 0 Å². The van der Waals surface area contributed by atoms with E-state index in [1.165, 1.54) is 24.3 Å². The molecule has 0 saturated carbocycles. The molecule has 8 N–H and O–H groups in total. The van der Waals surface area contributed by atoms with Gasteiger partial charge >= 0.3 is 23.9 Å². The van der Waals surface area contributed by atoms with E-state index in [1.807, 2.05) is 0 Å². The lowest BCUT2D eigenvalue weighted by molar-refractivity contribution is 0.0682. The Bertz CT molecular complexity index is 818. The van der Waals surface area contributed by atoms with Crippen LogP contribution in [0.15, 0.2) is 36.4 Å². The number of hydrogen-bond donors (Lipinski definition) is 6. The van der Waals surface area contributed by atoms with Gasteiger partial charge in [-0.3, -0.25) is 0 Å². The van der Waals surface area contributed by atoms with Crippen LogP contribution in [0.25, 0.3) is 0 Å². The molecule has 10 heteroatoms. The number of benzene rings is 2. The van der Waals surface area contributed by atoms with Crippen molar-refractivity contribution in [3.63, 3.8) is 0 Å². The van der Waals surface area contributed by atoms with Crippen molar-refractivity contribution in [1.29, 1.82) is 0 Å². The zero-order valence-electron chi connectivity index (χ0n) is 13.0. The summed E-state index contributed by atoms with van der Waals surface area (Å²) >= 11 is 0.